The molecular formula is C19H24N2O3S. The van der Waals surface area contributed by atoms with Crippen LogP contribution in [0.2, 0.25) is 0 Å². The van der Waals surface area contributed by atoms with Crippen LogP contribution < -0.4 is 0 Å². The lowest BCUT2D eigenvalue weighted by Crippen LogP contribution is -2.27. The number of nitrogens with zero attached hydrogens (tertiary/aromatic N) is 1. The lowest BCUT2D eigenvalue weighted by atomic mass is 9.85. The van der Waals surface area contributed by atoms with E-state index < -0.39 is 10.0 Å². The number of aldehydes is 1. The molecule has 0 unspecified atom stereocenters. The molecule has 0 atom stereocenters. The predicted octanol–water partition coefficient (Wildman–Crippen LogP) is 3.81. The van der Waals surface area contributed by atoms with Crippen LogP contribution >= 0.6 is 0 Å². The van der Waals surface area contributed by atoms with E-state index in [0.29, 0.717) is 29.5 Å². The van der Waals surface area contributed by atoms with Crippen LogP contribution in [0, 0.1) is 0 Å². The maximum Gasteiger partial charge on any atom is 0.243 e. The highest BCUT2D eigenvalue weighted by molar-refractivity contribution is 7.89. The quantitative estimate of drug-likeness (QED) is 0.843. The van der Waals surface area contributed by atoms with Crippen molar-refractivity contribution in [2.75, 3.05) is 13.1 Å². The van der Waals surface area contributed by atoms with E-state index in [9.17, 15) is 13.2 Å². The van der Waals surface area contributed by atoms with Crippen LogP contribution in [0.3, 0.4) is 0 Å². The molecule has 0 radical (unpaired) electrons. The fourth-order valence-corrected chi connectivity index (χ4v) is 5.83. The van der Waals surface area contributed by atoms with Gasteiger partial charge < -0.3 is 4.98 Å². The molecule has 134 valence electrons. The predicted molar refractivity (Wildman–Crippen MR) is 97.5 cm³/mol. The van der Waals surface area contributed by atoms with Crippen LogP contribution in [-0.2, 0) is 10.0 Å². The Balaban J connectivity index is 1.78. The van der Waals surface area contributed by atoms with Crippen LogP contribution in [0.25, 0.3) is 10.9 Å². The molecule has 1 aromatic carbocycles. The molecule has 6 heteroatoms. The number of rotatable bonds is 4. The molecule has 1 N–H and O–H groups in total. The van der Waals surface area contributed by atoms with Crippen molar-refractivity contribution < 1.29 is 13.2 Å². The van der Waals surface area contributed by atoms with Crippen molar-refractivity contribution in [3.05, 3.63) is 29.5 Å². The van der Waals surface area contributed by atoms with Gasteiger partial charge in [-0.15, -0.1) is 0 Å². The van der Waals surface area contributed by atoms with Crippen molar-refractivity contribution in [2.24, 2.45) is 0 Å². The SMILES string of the molecule is O=Cc1c(C2CCCCC2)[nH]c2ccc(S(=O)(=O)N3CCCC3)cc12. The van der Waals surface area contributed by atoms with Crippen LogP contribution in [0.5, 0.6) is 0 Å². The third kappa shape index (κ3) is 2.91. The molecule has 5 nitrogen and oxygen atoms in total. The van der Waals surface area contributed by atoms with Gasteiger partial charge in [-0.2, -0.15) is 4.31 Å². The van der Waals surface area contributed by atoms with Gasteiger partial charge in [-0.25, -0.2) is 8.42 Å². The summed E-state index contributed by atoms with van der Waals surface area (Å²) in [5.41, 5.74) is 2.48. The number of aromatic amines is 1. The number of carbonyl (C=O) groups is 1. The van der Waals surface area contributed by atoms with E-state index in [2.05, 4.69) is 4.98 Å². The first kappa shape index (κ1) is 16.8. The lowest BCUT2D eigenvalue weighted by molar-refractivity contribution is 0.112. The van der Waals surface area contributed by atoms with Gasteiger partial charge in [-0.05, 0) is 49.8 Å². The number of benzene rings is 1. The molecule has 4 rings (SSSR count). The van der Waals surface area contributed by atoms with E-state index in [4.69, 9.17) is 0 Å². The molecule has 0 spiro atoms. The Morgan fingerprint density at radius 1 is 1.04 bits per heavy atom. The number of sulfonamides is 1. The molecule has 2 fully saturated rings. The van der Waals surface area contributed by atoms with E-state index in [-0.39, 0.29) is 0 Å². The van der Waals surface area contributed by atoms with E-state index in [0.717, 1.165) is 48.6 Å². The van der Waals surface area contributed by atoms with E-state index in [1.807, 2.05) is 0 Å². The third-order valence-corrected chi connectivity index (χ3v) is 7.57. The van der Waals surface area contributed by atoms with Gasteiger partial charge >= 0.3 is 0 Å². The summed E-state index contributed by atoms with van der Waals surface area (Å²) in [6.45, 7) is 1.17. The minimum Gasteiger partial charge on any atom is -0.358 e. The molecule has 1 aliphatic heterocycles. The average molecular weight is 360 g/mol. The van der Waals surface area contributed by atoms with Crippen molar-refractivity contribution in [1.29, 1.82) is 0 Å². The Morgan fingerprint density at radius 2 is 1.76 bits per heavy atom. The highest BCUT2D eigenvalue weighted by Crippen LogP contribution is 2.37. The largest absolute Gasteiger partial charge is 0.358 e. The van der Waals surface area contributed by atoms with Gasteiger partial charge in [0, 0.05) is 35.2 Å². The molecule has 2 aliphatic rings. The Labute approximate surface area is 148 Å². The number of H-pyrrole nitrogens is 1. The number of hydrogen-bond donors (Lipinski definition) is 1. The smallest absolute Gasteiger partial charge is 0.243 e. The van der Waals surface area contributed by atoms with E-state index in [1.54, 1.807) is 22.5 Å². The Kier molecular flexibility index (Phi) is 4.41. The number of fused-ring (bicyclic) bond motifs is 1. The van der Waals surface area contributed by atoms with E-state index in [1.165, 1.54) is 19.3 Å². The number of nitrogens with one attached hydrogen (secondary N) is 1. The van der Waals surface area contributed by atoms with Crippen molar-refractivity contribution in [3.63, 3.8) is 0 Å². The fourth-order valence-electron chi connectivity index (χ4n) is 4.29. The van der Waals surface area contributed by atoms with Crippen LogP contribution in [-0.4, -0.2) is 37.1 Å². The minimum atomic E-state index is -3.47. The van der Waals surface area contributed by atoms with Gasteiger partial charge in [0.2, 0.25) is 10.0 Å². The molecule has 1 aromatic heterocycles. The van der Waals surface area contributed by atoms with Gasteiger partial charge in [-0.1, -0.05) is 19.3 Å². The second kappa shape index (κ2) is 6.57. The summed E-state index contributed by atoms with van der Waals surface area (Å²) in [5, 5.41) is 0.732. The normalized spacial score (nSPS) is 20.3. The molecule has 1 saturated carbocycles. The first-order valence-electron chi connectivity index (χ1n) is 9.22. The summed E-state index contributed by atoms with van der Waals surface area (Å²) in [7, 11) is -3.47. The Bertz CT molecular complexity index is 889. The number of hydrogen-bond acceptors (Lipinski definition) is 3. The van der Waals surface area contributed by atoms with Gasteiger partial charge in [0.25, 0.3) is 0 Å². The maximum absolute atomic E-state index is 12.8. The molecule has 1 aliphatic carbocycles. The first-order valence-corrected chi connectivity index (χ1v) is 10.7. The molecule has 1 saturated heterocycles. The van der Waals surface area contributed by atoms with Gasteiger partial charge in [0.1, 0.15) is 0 Å². The summed E-state index contributed by atoms with van der Waals surface area (Å²) in [6.07, 6.45) is 8.52. The van der Waals surface area contributed by atoms with Crippen molar-refractivity contribution >= 4 is 27.2 Å². The minimum absolute atomic E-state index is 0.291. The van der Waals surface area contributed by atoms with Crippen molar-refractivity contribution in [1.82, 2.24) is 9.29 Å². The van der Waals surface area contributed by atoms with Crippen LogP contribution in [0.15, 0.2) is 23.1 Å². The topological polar surface area (TPSA) is 70.2 Å². The van der Waals surface area contributed by atoms with Crippen molar-refractivity contribution in [3.8, 4) is 0 Å². The zero-order valence-electron chi connectivity index (χ0n) is 14.3. The molecule has 25 heavy (non-hydrogen) atoms. The maximum atomic E-state index is 12.8. The van der Waals surface area contributed by atoms with E-state index >= 15 is 0 Å². The zero-order valence-corrected chi connectivity index (χ0v) is 15.1. The Morgan fingerprint density at radius 3 is 2.44 bits per heavy atom. The second-order valence-corrected chi connectivity index (χ2v) is 9.16. The van der Waals surface area contributed by atoms with Crippen LogP contribution in [0.4, 0.5) is 0 Å². The van der Waals surface area contributed by atoms with Crippen molar-refractivity contribution in [2.45, 2.75) is 55.8 Å². The summed E-state index contributed by atoms with van der Waals surface area (Å²) in [5.74, 6) is 0.375. The van der Waals surface area contributed by atoms with Gasteiger partial charge in [0.15, 0.2) is 6.29 Å². The third-order valence-electron chi connectivity index (χ3n) is 5.67. The summed E-state index contributed by atoms with van der Waals surface area (Å²) in [6, 6.07) is 5.14. The summed E-state index contributed by atoms with van der Waals surface area (Å²) < 4.78 is 27.2. The molecular weight excluding hydrogens is 336 g/mol. The summed E-state index contributed by atoms with van der Waals surface area (Å²) in [4.78, 5) is 15.5. The molecule has 0 bridgehead atoms. The summed E-state index contributed by atoms with van der Waals surface area (Å²) >= 11 is 0. The Hall–Kier alpha value is -1.66. The fraction of sp³-hybridized carbons (Fsp3) is 0.526. The highest BCUT2D eigenvalue weighted by Gasteiger charge is 2.28. The standard InChI is InChI=1S/C19H24N2O3S/c22-13-17-16-12-15(25(23,24)21-10-4-5-11-21)8-9-18(16)20-19(17)14-6-2-1-3-7-14/h8-9,12-14,20H,1-7,10-11H2. The number of aromatic nitrogens is 1. The highest BCUT2D eigenvalue weighted by atomic mass is 32.2. The lowest BCUT2D eigenvalue weighted by Gasteiger charge is -2.21. The average Bonchev–Trinajstić information content (AvgIpc) is 3.29. The van der Waals surface area contributed by atoms with Crippen LogP contribution in [0.1, 0.15) is 66.9 Å². The zero-order chi connectivity index (χ0) is 17.4. The second-order valence-electron chi connectivity index (χ2n) is 7.22. The number of carbonyl (C=O) groups excluding carboxylic acids is 1. The first-order chi connectivity index (χ1) is 12.1. The van der Waals surface area contributed by atoms with Gasteiger partial charge in [0.05, 0.1) is 4.90 Å². The monoisotopic (exact) mass is 360 g/mol. The molecule has 2 heterocycles. The van der Waals surface area contributed by atoms with Gasteiger partial charge in [-0.3, -0.25) is 4.79 Å². The molecule has 2 aromatic rings. The molecule has 0 amide bonds.